The van der Waals surface area contributed by atoms with E-state index in [0.717, 1.165) is 37.3 Å². The van der Waals surface area contributed by atoms with E-state index >= 15 is 0 Å². The molecule has 1 atom stereocenters. The maximum Gasteiger partial charge on any atom is 0.264 e. The molecule has 51 heavy (non-hydrogen) atoms. The van der Waals surface area contributed by atoms with Gasteiger partial charge in [-0.25, -0.2) is 0 Å². The fourth-order valence-electron chi connectivity index (χ4n) is 7.36. The van der Waals surface area contributed by atoms with Gasteiger partial charge in [0.1, 0.15) is 5.75 Å². The van der Waals surface area contributed by atoms with E-state index in [0.29, 0.717) is 65.0 Å². The van der Waals surface area contributed by atoms with Crippen molar-refractivity contribution < 1.29 is 28.9 Å². The first-order chi connectivity index (χ1) is 24.7. The number of hydrogen-bond donors (Lipinski definition) is 1. The lowest BCUT2D eigenvalue weighted by Gasteiger charge is -2.40. The minimum atomic E-state index is -0.278. The predicted molar refractivity (Wildman–Crippen MR) is 191 cm³/mol. The van der Waals surface area contributed by atoms with Crippen LogP contribution in [-0.4, -0.2) is 86.8 Å². The molecule has 1 fully saturated rings. The summed E-state index contributed by atoms with van der Waals surface area (Å²) in [4.78, 5) is 35.5. The Hall–Kier alpha value is -5.59. The van der Waals surface area contributed by atoms with Gasteiger partial charge in [0.25, 0.3) is 11.8 Å². The van der Waals surface area contributed by atoms with E-state index in [-0.39, 0.29) is 30.4 Å². The highest BCUT2D eigenvalue weighted by molar-refractivity contribution is 6.12. The van der Waals surface area contributed by atoms with Crippen molar-refractivity contribution in [3.8, 4) is 28.5 Å². The number of ether oxygens (including phenoxy) is 3. The first kappa shape index (κ1) is 32.6. The van der Waals surface area contributed by atoms with Crippen LogP contribution in [0.25, 0.3) is 11.3 Å². The first-order valence-electron chi connectivity index (χ1n) is 17.2. The van der Waals surface area contributed by atoms with Gasteiger partial charge in [0.05, 0.1) is 36.2 Å². The zero-order valence-corrected chi connectivity index (χ0v) is 28.9. The van der Waals surface area contributed by atoms with Crippen LogP contribution in [0.3, 0.4) is 0 Å². The molecule has 0 radical (unpaired) electrons. The lowest BCUT2D eigenvalue weighted by Crippen LogP contribution is -2.52. The van der Waals surface area contributed by atoms with Crippen LogP contribution in [0.1, 0.15) is 37.5 Å². The molecule has 3 aliphatic rings. The Kier molecular flexibility index (Phi) is 8.48. The van der Waals surface area contributed by atoms with E-state index in [1.807, 2.05) is 41.6 Å². The highest BCUT2D eigenvalue weighted by Crippen LogP contribution is 2.41. The Bertz CT molecular complexity index is 2110. The first-order valence-corrected chi connectivity index (χ1v) is 17.2. The number of aryl methyl sites for hydroxylation is 1. The Balaban J connectivity index is 1.20. The van der Waals surface area contributed by atoms with Crippen LogP contribution >= 0.6 is 0 Å². The number of benzene rings is 3. The summed E-state index contributed by atoms with van der Waals surface area (Å²) in [6.45, 7) is 6.21. The third-order valence-electron chi connectivity index (χ3n) is 10.2. The van der Waals surface area contributed by atoms with Gasteiger partial charge in [0.2, 0.25) is 6.79 Å². The SMILES string of the molecule is Cc1c(C(=O)N(c2ccc(O)cc2)c2cnn(C)c2)cc(-c2cc3c(cc2C(=O)N2Cc4ccccc4C[C@H]2CN2CCOCC2)OCO3)n1C. The van der Waals surface area contributed by atoms with Crippen molar-refractivity contribution in [2.45, 2.75) is 25.9 Å². The molecule has 12 nitrogen and oxygen atoms in total. The molecule has 0 aliphatic carbocycles. The average Bonchev–Trinajstić information content (AvgIpc) is 3.87. The second-order valence-corrected chi connectivity index (χ2v) is 13.3. The van der Waals surface area contributed by atoms with Crippen LogP contribution in [0.5, 0.6) is 17.2 Å². The molecule has 1 N–H and O–H groups in total. The summed E-state index contributed by atoms with van der Waals surface area (Å²) < 4.78 is 20.8. The van der Waals surface area contributed by atoms with Crippen LogP contribution in [-0.2, 0) is 31.8 Å². The van der Waals surface area contributed by atoms with E-state index < -0.39 is 0 Å². The summed E-state index contributed by atoms with van der Waals surface area (Å²) in [6, 6.07) is 20.3. The molecule has 2 amide bonds. The minimum absolute atomic E-state index is 0.0468. The smallest absolute Gasteiger partial charge is 0.264 e. The van der Waals surface area contributed by atoms with Crippen LogP contribution in [0.2, 0.25) is 0 Å². The molecule has 0 unspecified atom stereocenters. The molecular formula is C39H40N6O6. The summed E-state index contributed by atoms with van der Waals surface area (Å²) >= 11 is 0. The van der Waals surface area contributed by atoms with Crippen molar-refractivity contribution >= 4 is 23.2 Å². The fourth-order valence-corrected chi connectivity index (χ4v) is 7.36. The van der Waals surface area contributed by atoms with Crippen LogP contribution in [0, 0.1) is 6.92 Å². The number of amides is 2. The van der Waals surface area contributed by atoms with E-state index in [1.165, 1.54) is 5.56 Å². The molecule has 3 aromatic carbocycles. The molecule has 5 aromatic rings. The Labute approximate surface area is 296 Å². The number of fused-ring (bicyclic) bond motifs is 2. The number of phenols is 1. The van der Waals surface area contributed by atoms with Gasteiger partial charge in [-0.2, -0.15) is 5.10 Å². The Morgan fingerprint density at radius 3 is 2.37 bits per heavy atom. The van der Waals surface area contributed by atoms with Gasteiger partial charge in [-0.3, -0.25) is 24.1 Å². The molecule has 8 rings (SSSR count). The van der Waals surface area contributed by atoms with Gasteiger partial charge >= 0.3 is 0 Å². The minimum Gasteiger partial charge on any atom is -0.508 e. The predicted octanol–water partition coefficient (Wildman–Crippen LogP) is 5.05. The topological polar surface area (TPSA) is 115 Å². The van der Waals surface area contributed by atoms with Gasteiger partial charge < -0.3 is 28.8 Å². The summed E-state index contributed by atoms with van der Waals surface area (Å²) in [5, 5.41) is 14.3. The number of carbonyl (C=O) groups excluding carboxylic acids is 2. The quantitative estimate of drug-likeness (QED) is 0.253. The lowest BCUT2D eigenvalue weighted by atomic mass is 9.92. The Morgan fingerprint density at radius 1 is 0.922 bits per heavy atom. The molecule has 12 heteroatoms. The maximum absolute atomic E-state index is 15.0. The lowest BCUT2D eigenvalue weighted by molar-refractivity contribution is 0.0193. The number of aromatic nitrogens is 3. The second kappa shape index (κ2) is 13.3. The molecule has 0 bridgehead atoms. The highest BCUT2D eigenvalue weighted by atomic mass is 16.7. The molecule has 1 saturated heterocycles. The summed E-state index contributed by atoms with van der Waals surface area (Å²) in [6.07, 6.45) is 4.15. The number of nitrogens with zero attached hydrogens (tertiary/aromatic N) is 6. The van der Waals surface area contributed by atoms with Crippen molar-refractivity contribution in [3.63, 3.8) is 0 Å². The normalized spacial score (nSPS) is 17.0. The number of carbonyl (C=O) groups is 2. The standard InChI is InChI=1S/C39H40N6O6/c1-25-32(39(48)45(30-20-40-41(2)22-30)28-8-10-31(46)11-9-28)17-35(42(25)3)33-18-36-37(51-24-50-36)19-34(33)38(47)44-21-27-7-5-4-6-26(27)16-29(44)23-43-12-14-49-15-13-43/h4-11,17-20,22,29,46H,12-16,21,23-24H2,1-3H3/t29-/m0/s1. The van der Waals surface area contributed by atoms with Gasteiger partial charge in [0.15, 0.2) is 11.5 Å². The monoisotopic (exact) mass is 688 g/mol. The van der Waals surface area contributed by atoms with E-state index in [2.05, 4.69) is 28.2 Å². The second-order valence-electron chi connectivity index (χ2n) is 13.3. The average molecular weight is 689 g/mol. The van der Waals surface area contributed by atoms with Crippen LogP contribution in [0.4, 0.5) is 11.4 Å². The number of hydrogen-bond acceptors (Lipinski definition) is 8. The zero-order valence-electron chi connectivity index (χ0n) is 28.9. The molecule has 0 spiro atoms. The largest absolute Gasteiger partial charge is 0.508 e. The van der Waals surface area contributed by atoms with Crippen LogP contribution in [0.15, 0.2) is 79.1 Å². The molecule has 0 saturated carbocycles. The summed E-state index contributed by atoms with van der Waals surface area (Å²) in [7, 11) is 3.69. The van der Waals surface area contributed by atoms with Gasteiger partial charge in [-0.05, 0) is 66.9 Å². The number of anilines is 2. The van der Waals surface area contributed by atoms with Crippen molar-refractivity contribution in [1.82, 2.24) is 24.1 Å². The third kappa shape index (κ3) is 6.10. The molecule has 2 aromatic heterocycles. The van der Waals surface area contributed by atoms with E-state index in [4.69, 9.17) is 14.2 Å². The number of rotatable bonds is 7. The van der Waals surface area contributed by atoms with Gasteiger partial charge in [0, 0.05) is 75.2 Å². The number of aromatic hydroxyl groups is 1. The highest BCUT2D eigenvalue weighted by Gasteiger charge is 2.35. The van der Waals surface area contributed by atoms with Crippen molar-refractivity contribution in [1.29, 1.82) is 0 Å². The van der Waals surface area contributed by atoms with Crippen molar-refractivity contribution in [2.24, 2.45) is 14.1 Å². The molecule has 5 heterocycles. The molecule has 262 valence electrons. The molecule has 3 aliphatic heterocycles. The number of phenolic OH excluding ortho intramolecular Hbond substituents is 1. The number of morpholine rings is 1. The maximum atomic E-state index is 15.0. The van der Waals surface area contributed by atoms with Crippen LogP contribution < -0.4 is 14.4 Å². The zero-order chi connectivity index (χ0) is 35.2. The fraction of sp³-hybridized carbons (Fsp3) is 0.308. The Morgan fingerprint density at radius 2 is 1.65 bits per heavy atom. The van der Waals surface area contributed by atoms with Gasteiger partial charge in [-0.1, -0.05) is 24.3 Å². The van der Waals surface area contributed by atoms with E-state index in [1.54, 1.807) is 59.4 Å². The van der Waals surface area contributed by atoms with Crippen molar-refractivity contribution in [2.75, 3.05) is 44.5 Å². The summed E-state index contributed by atoms with van der Waals surface area (Å²) in [5.74, 6) is 0.772. The van der Waals surface area contributed by atoms with Crippen molar-refractivity contribution in [3.05, 3.63) is 107 Å². The third-order valence-corrected chi connectivity index (χ3v) is 10.2. The molecular weight excluding hydrogens is 648 g/mol. The van der Waals surface area contributed by atoms with E-state index in [9.17, 15) is 14.7 Å². The summed E-state index contributed by atoms with van der Waals surface area (Å²) in [5.41, 5.74) is 6.55. The van der Waals surface area contributed by atoms with Gasteiger partial charge in [-0.15, -0.1) is 0 Å².